The third-order valence-corrected chi connectivity index (χ3v) is 4.72. The van der Waals surface area contributed by atoms with Crippen LogP contribution in [0.5, 0.6) is 0 Å². The molecule has 0 aliphatic heterocycles. The van der Waals surface area contributed by atoms with Crippen LogP contribution in [0.1, 0.15) is 41.2 Å². The van der Waals surface area contributed by atoms with Crippen molar-refractivity contribution in [2.45, 2.75) is 34.2 Å². The Balaban J connectivity index is 1.71. The van der Waals surface area contributed by atoms with E-state index in [4.69, 9.17) is 0 Å². The highest BCUT2D eigenvalue weighted by molar-refractivity contribution is 6.06. The van der Waals surface area contributed by atoms with Crippen LogP contribution in [0.15, 0.2) is 54.6 Å². The number of anilines is 2. The van der Waals surface area contributed by atoms with Crippen molar-refractivity contribution in [2.24, 2.45) is 5.92 Å². The summed E-state index contributed by atoms with van der Waals surface area (Å²) < 4.78 is 1.85. The highest BCUT2D eigenvalue weighted by atomic mass is 16.2. The molecule has 3 aromatic rings. The minimum atomic E-state index is -0.196. The number of carbonyl (C=O) groups is 2. The zero-order chi connectivity index (χ0) is 21.0. The molecule has 0 saturated carbocycles. The Morgan fingerprint density at radius 2 is 1.52 bits per heavy atom. The fourth-order valence-electron chi connectivity index (χ4n) is 3.05. The molecule has 6 nitrogen and oxygen atoms in total. The van der Waals surface area contributed by atoms with Crippen molar-refractivity contribution in [3.05, 3.63) is 77.1 Å². The van der Waals surface area contributed by atoms with Crippen LogP contribution in [0, 0.1) is 19.8 Å². The Hall–Kier alpha value is -3.41. The van der Waals surface area contributed by atoms with Crippen LogP contribution in [0.4, 0.5) is 11.4 Å². The average Bonchev–Trinajstić information content (AvgIpc) is 2.97. The molecule has 0 saturated heterocycles. The average molecular weight is 390 g/mol. The van der Waals surface area contributed by atoms with Gasteiger partial charge in [-0.3, -0.25) is 14.3 Å². The van der Waals surface area contributed by atoms with Crippen LogP contribution in [-0.2, 0) is 11.3 Å². The van der Waals surface area contributed by atoms with Gasteiger partial charge in [-0.15, -0.1) is 0 Å². The fraction of sp³-hybridized carbons (Fsp3) is 0.261. The van der Waals surface area contributed by atoms with Crippen LogP contribution in [0.3, 0.4) is 0 Å². The molecule has 29 heavy (non-hydrogen) atoms. The molecule has 2 aromatic carbocycles. The summed E-state index contributed by atoms with van der Waals surface area (Å²) in [5.41, 5.74) is 4.58. The fourth-order valence-corrected chi connectivity index (χ4v) is 3.05. The van der Waals surface area contributed by atoms with Crippen LogP contribution in [-0.4, -0.2) is 21.6 Å². The van der Waals surface area contributed by atoms with Crippen molar-refractivity contribution in [1.29, 1.82) is 0 Å². The van der Waals surface area contributed by atoms with E-state index in [9.17, 15) is 9.59 Å². The zero-order valence-corrected chi connectivity index (χ0v) is 17.2. The van der Waals surface area contributed by atoms with E-state index >= 15 is 0 Å². The number of hydrogen-bond donors (Lipinski definition) is 2. The Labute approximate surface area is 170 Å². The molecule has 0 bridgehead atoms. The van der Waals surface area contributed by atoms with Gasteiger partial charge in [-0.25, -0.2) is 0 Å². The summed E-state index contributed by atoms with van der Waals surface area (Å²) >= 11 is 0. The van der Waals surface area contributed by atoms with Gasteiger partial charge >= 0.3 is 0 Å². The highest BCUT2D eigenvalue weighted by Crippen LogP contribution is 2.19. The molecule has 0 radical (unpaired) electrons. The standard InChI is InChI=1S/C23H26N4O2/c1-15(2)22(28)24-19-10-12-20(13-11-19)25-23(29)21-16(3)26-27(17(21)4)14-18-8-6-5-7-9-18/h5-13,15H,14H2,1-4H3,(H,24,28)(H,25,29). The third kappa shape index (κ3) is 4.90. The first-order valence-corrected chi connectivity index (χ1v) is 9.65. The monoisotopic (exact) mass is 390 g/mol. The Morgan fingerprint density at radius 1 is 0.931 bits per heavy atom. The van der Waals surface area contributed by atoms with Crippen molar-refractivity contribution in [2.75, 3.05) is 10.6 Å². The molecule has 0 atom stereocenters. The lowest BCUT2D eigenvalue weighted by Gasteiger charge is -2.10. The third-order valence-electron chi connectivity index (χ3n) is 4.72. The molecular weight excluding hydrogens is 364 g/mol. The minimum absolute atomic E-state index is 0.0427. The molecule has 2 amide bonds. The first-order valence-electron chi connectivity index (χ1n) is 9.65. The van der Waals surface area contributed by atoms with E-state index in [1.807, 2.05) is 62.7 Å². The van der Waals surface area contributed by atoms with Gasteiger partial charge in [-0.05, 0) is 43.7 Å². The van der Waals surface area contributed by atoms with Crippen molar-refractivity contribution in [3.63, 3.8) is 0 Å². The predicted octanol–water partition coefficient (Wildman–Crippen LogP) is 4.40. The number of benzene rings is 2. The lowest BCUT2D eigenvalue weighted by atomic mass is 10.1. The lowest BCUT2D eigenvalue weighted by molar-refractivity contribution is -0.118. The second-order valence-electron chi connectivity index (χ2n) is 7.36. The molecule has 1 heterocycles. The van der Waals surface area contributed by atoms with E-state index in [1.54, 1.807) is 24.3 Å². The highest BCUT2D eigenvalue weighted by Gasteiger charge is 2.19. The van der Waals surface area contributed by atoms with Gasteiger partial charge in [-0.2, -0.15) is 5.10 Å². The van der Waals surface area contributed by atoms with Crippen LogP contribution >= 0.6 is 0 Å². The number of rotatable bonds is 6. The summed E-state index contributed by atoms with van der Waals surface area (Å²) in [6.45, 7) is 8.04. The Kier molecular flexibility index (Phi) is 6.12. The number of amides is 2. The van der Waals surface area contributed by atoms with E-state index in [1.165, 1.54) is 0 Å². The van der Waals surface area contributed by atoms with Crippen molar-refractivity contribution in [1.82, 2.24) is 9.78 Å². The smallest absolute Gasteiger partial charge is 0.259 e. The predicted molar refractivity (Wildman–Crippen MR) is 115 cm³/mol. The first-order chi connectivity index (χ1) is 13.8. The molecule has 150 valence electrons. The maximum atomic E-state index is 12.8. The maximum absolute atomic E-state index is 12.8. The number of aryl methyl sites for hydroxylation is 1. The molecule has 0 aliphatic carbocycles. The summed E-state index contributed by atoms with van der Waals surface area (Å²) in [5.74, 6) is -0.329. The normalized spacial score (nSPS) is 10.8. The van der Waals surface area contributed by atoms with Gasteiger partial charge in [-0.1, -0.05) is 44.2 Å². The van der Waals surface area contributed by atoms with Crippen molar-refractivity contribution < 1.29 is 9.59 Å². The number of nitrogens with one attached hydrogen (secondary N) is 2. The van der Waals surface area contributed by atoms with Crippen LogP contribution in [0.25, 0.3) is 0 Å². The number of aromatic nitrogens is 2. The van der Waals surface area contributed by atoms with Gasteiger partial charge in [0.05, 0.1) is 17.8 Å². The summed E-state index contributed by atoms with van der Waals surface area (Å²) in [6, 6.07) is 17.1. The first kappa shape index (κ1) is 20.3. The molecule has 0 aliphatic rings. The van der Waals surface area contributed by atoms with Gasteiger partial charge in [0.15, 0.2) is 0 Å². The maximum Gasteiger partial charge on any atom is 0.259 e. The van der Waals surface area contributed by atoms with Gasteiger partial charge in [0.25, 0.3) is 5.91 Å². The van der Waals surface area contributed by atoms with Crippen molar-refractivity contribution >= 4 is 23.2 Å². The second kappa shape index (κ2) is 8.73. The van der Waals surface area contributed by atoms with Crippen LogP contribution in [0.2, 0.25) is 0 Å². The topological polar surface area (TPSA) is 76.0 Å². The minimum Gasteiger partial charge on any atom is -0.326 e. The molecule has 0 fully saturated rings. The number of nitrogens with zero attached hydrogens (tertiary/aromatic N) is 2. The summed E-state index contributed by atoms with van der Waals surface area (Å²) in [6.07, 6.45) is 0. The quantitative estimate of drug-likeness (QED) is 0.655. The second-order valence-corrected chi connectivity index (χ2v) is 7.36. The zero-order valence-electron chi connectivity index (χ0n) is 17.2. The molecular formula is C23H26N4O2. The van der Waals surface area contributed by atoms with Crippen molar-refractivity contribution in [3.8, 4) is 0 Å². The number of carbonyl (C=O) groups excluding carboxylic acids is 2. The summed E-state index contributed by atoms with van der Waals surface area (Å²) in [7, 11) is 0. The largest absolute Gasteiger partial charge is 0.326 e. The van der Waals surface area contributed by atoms with Gasteiger partial charge < -0.3 is 10.6 Å². The van der Waals surface area contributed by atoms with E-state index in [0.717, 1.165) is 11.3 Å². The molecule has 6 heteroatoms. The van der Waals surface area contributed by atoms with Gasteiger partial charge in [0.1, 0.15) is 0 Å². The SMILES string of the molecule is Cc1nn(Cc2ccccc2)c(C)c1C(=O)Nc1ccc(NC(=O)C(C)C)cc1. The molecule has 1 aromatic heterocycles. The van der Waals surface area contributed by atoms with E-state index < -0.39 is 0 Å². The summed E-state index contributed by atoms with van der Waals surface area (Å²) in [5, 5.41) is 10.3. The Morgan fingerprint density at radius 3 is 2.10 bits per heavy atom. The van der Waals surface area contributed by atoms with E-state index in [0.29, 0.717) is 29.2 Å². The van der Waals surface area contributed by atoms with Gasteiger partial charge in [0.2, 0.25) is 5.91 Å². The number of hydrogen-bond acceptors (Lipinski definition) is 3. The van der Waals surface area contributed by atoms with Crippen LogP contribution < -0.4 is 10.6 Å². The molecule has 0 unspecified atom stereocenters. The van der Waals surface area contributed by atoms with E-state index in [-0.39, 0.29) is 17.7 Å². The van der Waals surface area contributed by atoms with E-state index in [2.05, 4.69) is 15.7 Å². The summed E-state index contributed by atoms with van der Waals surface area (Å²) in [4.78, 5) is 24.6. The molecule has 0 spiro atoms. The Bertz CT molecular complexity index is 1010. The molecule has 3 rings (SSSR count). The molecule has 2 N–H and O–H groups in total. The van der Waals surface area contributed by atoms with Gasteiger partial charge in [0, 0.05) is 23.0 Å². The lowest BCUT2D eigenvalue weighted by Crippen LogP contribution is -2.18.